The summed E-state index contributed by atoms with van der Waals surface area (Å²) in [7, 11) is 0.528. The van der Waals surface area contributed by atoms with Crippen LogP contribution in [-0.2, 0) is 14.8 Å². The highest BCUT2D eigenvalue weighted by atomic mass is 32.2. The summed E-state index contributed by atoms with van der Waals surface area (Å²) in [6.07, 6.45) is 0. The van der Waals surface area contributed by atoms with Gasteiger partial charge in [0.15, 0.2) is 6.61 Å². The fraction of sp³-hybridized carbons (Fsp3) is 0.167. The SMILES string of the molecule is COc1ccc(S(=O)(=O)N(C)C)cc1NC(=O)COc1ccccc1C(=O)Nc1ccccc1. The number of anilines is 2. The van der Waals surface area contributed by atoms with Crippen LogP contribution in [0.5, 0.6) is 11.5 Å². The lowest BCUT2D eigenvalue weighted by atomic mass is 10.2. The number of hydrogen-bond donors (Lipinski definition) is 2. The van der Waals surface area contributed by atoms with Crippen molar-refractivity contribution in [3.8, 4) is 11.5 Å². The second kappa shape index (κ2) is 10.8. The molecule has 3 rings (SSSR count). The van der Waals surface area contributed by atoms with E-state index in [0.29, 0.717) is 5.69 Å². The third-order valence-corrected chi connectivity index (χ3v) is 6.56. The molecule has 0 heterocycles. The predicted molar refractivity (Wildman–Crippen MR) is 129 cm³/mol. The number of rotatable bonds is 9. The molecular weight excluding hydrogens is 458 g/mol. The molecular formula is C24H25N3O6S. The Bertz CT molecular complexity index is 1280. The third-order valence-electron chi connectivity index (χ3n) is 4.75. The molecule has 34 heavy (non-hydrogen) atoms. The van der Waals surface area contributed by atoms with Gasteiger partial charge < -0.3 is 20.1 Å². The molecule has 3 aromatic carbocycles. The first-order chi connectivity index (χ1) is 16.2. The number of carbonyl (C=O) groups excluding carboxylic acids is 2. The van der Waals surface area contributed by atoms with Gasteiger partial charge in [0.1, 0.15) is 11.5 Å². The van der Waals surface area contributed by atoms with Crippen LogP contribution in [0.2, 0.25) is 0 Å². The molecule has 0 saturated carbocycles. The second-order valence-electron chi connectivity index (χ2n) is 7.30. The van der Waals surface area contributed by atoms with Crippen LogP contribution >= 0.6 is 0 Å². The number of ether oxygens (including phenoxy) is 2. The van der Waals surface area contributed by atoms with Gasteiger partial charge in [-0.15, -0.1) is 0 Å². The van der Waals surface area contributed by atoms with Crippen molar-refractivity contribution >= 4 is 33.2 Å². The number of nitrogens with one attached hydrogen (secondary N) is 2. The molecule has 0 aromatic heterocycles. The average molecular weight is 484 g/mol. The van der Waals surface area contributed by atoms with E-state index in [1.807, 2.05) is 6.07 Å². The van der Waals surface area contributed by atoms with Crippen LogP contribution < -0.4 is 20.1 Å². The Hall–Kier alpha value is -3.89. The Labute approximate surface area is 198 Å². The largest absolute Gasteiger partial charge is 0.495 e. The molecule has 0 bridgehead atoms. The highest BCUT2D eigenvalue weighted by Gasteiger charge is 2.20. The van der Waals surface area contributed by atoms with Crippen LogP contribution in [0.3, 0.4) is 0 Å². The van der Waals surface area contributed by atoms with Crippen molar-refractivity contribution in [1.29, 1.82) is 0 Å². The van der Waals surface area contributed by atoms with E-state index in [0.717, 1.165) is 4.31 Å². The molecule has 0 aliphatic carbocycles. The molecule has 0 aliphatic rings. The molecule has 178 valence electrons. The summed E-state index contributed by atoms with van der Waals surface area (Å²) in [5, 5.41) is 5.37. The summed E-state index contributed by atoms with van der Waals surface area (Å²) in [5.74, 6) is -0.433. The Morgan fingerprint density at radius 1 is 0.882 bits per heavy atom. The maximum atomic E-state index is 12.7. The van der Waals surface area contributed by atoms with Crippen molar-refractivity contribution in [2.75, 3.05) is 38.4 Å². The van der Waals surface area contributed by atoms with Crippen molar-refractivity contribution in [1.82, 2.24) is 4.31 Å². The van der Waals surface area contributed by atoms with E-state index in [4.69, 9.17) is 9.47 Å². The summed E-state index contributed by atoms with van der Waals surface area (Å²) in [6, 6.07) is 19.7. The topological polar surface area (TPSA) is 114 Å². The molecule has 2 N–H and O–H groups in total. The molecule has 0 spiro atoms. The first kappa shape index (κ1) is 24.7. The van der Waals surface area contributed by atoms with Crippen molar-refractivity contribution in [3.05, 3.63) is 78.4 Å². The van der Waals surface area contributed by atoms with Crippen LogP contribution in [0, 0.1) is 0 Å². The predicted octanol–water partition coefficient (Wildman–Crippen LogP) is 3.22. The average Bonchev–Trinajstić information content (AvgIpc) is 2.83. The van der Waals surface area contributed by atoms with E-state index in [-0.39, 0.29) is 33.6 Å². The van der Waals surface area contributed by atoms with Gasteiger partial charge in [-0.25, -0.2) is 12.7 Å². The van der Waals surface area contributed by atoms with E-state index in [2.05, 4.69) is 10.6 Å². The zero-order chi connectivity index (χ0) is 24.7. The quantitative estimate of drug-likeness (QED) is 0.483. The summed E-state index contributed by atoms with van der Waals surface area (Å²) in [5.41, 5.74) is 1.06. The minimum atomic E-state index is -3.71. The van der Waals surface area contributed by atoms with Gasteiger partial charge in [-0.05, 0) is 42.5 Å². The van der Waals surface area contributed by atoms with Crippen LogP contribution in [0.15, 0.2) is 77.7 Å². The summed E-state index contributed by atoms with van der Waals surface area (Å²) >= 11 is 0. The smallest absolute Gasteiger partial charge is 0.262 e. The Morgan fingerprint density at radius 3 is 2.24 bits per heavy atom. The molecule has 0 radical (unpaired) electrons. The van der Waals surface area contributed by atoms with Gasteiger partial charge in [-0.3, -0.25) is 9.59 Å². The summed E-state index contributed by atoms with van der Waals surface area (Å²) in [6.45, 7) is -0.413. The molecule has 0 fully saturated rings. The molecule has 0 atom stereocenters. The number of nitrogens with zero attached hydrogens (tertiary/aromatic N) is 1. The molecule has 3 aromatic rings. The van der Waals surface area contributed by atoms with Gasteiger partial charge in [0, 0.05) is 19.8 Å². The molecule has 10 heteroatoms. The maximum absolute atomic E-state index is 12.7. The van der Waals surface area contributed by atoms with Gasteiger partial charge in [-0.1, -0.05) is 30.3 Å². The highest BCUT2D eigenvalue weighted by Crippen LogP contribution is 2.28. The third kappa shape index (κ3) is 5.91. The Kier molecular flexibility index (Phi) is 7.87. The lowest BCUT2D eigenvalue weighted by molar-refractivity contribution is -0.118. The Morgan fingerprint density at radius 2 is 1.56 bits per heavy atom. The van der Waals surface area contributed by atoms with Gasteiger partial charge >= 0.3 is 0 Å². The normalized spacial score (nSPS) is 11.1. The van der Waals surface area contributed by atoms with E-state index < -0.39 is 22.5 Å². The highest BCUT2D eigenvalue weighted by molar-refractivity contribution is 7.89. The van der Waals surface area contributed by atoms with Crippen molar-refractivity contribution in [3.63, 3.8) is 0 Å². The van der Waals surface area contributed by atoms with Crippen LogP contribution in [0.1, 0.15) is 10.4 Å². The van der Waals surface area contributed by atoms with Gasteiger partial charge in [0.2, 0.25) is 10.0 Å². The van der Waals surface area contributed by atoms with E-state index in [9.17, 15) is 18.0 Å². The van der Waals surface area contributed by atoms with Gasteiger partial charge in [0.25, 0.3) is 11.8 Å². The zero-order valence-electron chi connectivity index (χ0n) is 18.9. The number of benzene rings is 3. The molecule has 0 saturated heterocycles. The fourth-order valence-corrected chi connectivity index (χ4v) is 3.91. The summed E-state index contributed by atoms with van der Waals surface area (Å²) in [4.78, 5) is 25.2. The zero-order valence-corrected chi connectivity index (χ0v) is 19.8. The van der Waals surface area contributed by atoms with Gasteiger partial charge in [0.05, 0.1) is 23.3 Å². The molecule has 9 nitrogen and oxygen atoms in total. The number of amides is 2. The van der Waals surface area contributed by atoms with Crippen LogP contribution in [0.4, 0.5) is 11.4 Å². The standard InChI is InChI=1S/C24H25N3O6S/c1-27(2)34(30,31)18-13-14-22(32-3)20(15-18)26-23(28)16-33-21-12-8-7-11-19(21)24(29)25-17-9-5-4-6-10-17/h4-15H,16H2,1-3H3,(H,25,29)(H,26,28). The minimum Gasteiger partial charge on any atom is -0.495 e. The molecule has 0 unspecified atom stereocenters. The number of carbonyl (C=O) groups is 2. The van der Waals surface area contributed by atoms with Crippen molar-refractivity contribution < 1.29 is 27.5 Å². The number of hydrogen-bond acceptors (Lipinski definition) is 6. The van der Waals surface area contributed by atoms with Gasteiger partial charge in [-0.2, -0.15) is 0 Å². The second-order valence-corrected chi connectivity index (χ2v) is 9.45. The number of para-hydroxylation sites is 2. The van der Waals surface area contributed by atoms with Crippen LogP contribution in [-0.4, -0.2) is 52.3 Å². The first-order valence-electron chi connectivity index (χ1n) is 10.2. The van der Waals surface area contributed by atoms with E-state index >= 15 is 0 Å². The monoisotopic (exact) mass is 483 g/mol. The molecule has 0 aliphatic heterocycles. The number of sulfonamides is 1. The van der Waals surface area contributed by atoms with Crippen molar-refractivity contribution in [2.45, 2.75) is 4.90 Å². The fourth-order valence-electron chi connectivity index (χ4n) is 2.99. The maximum Gasteiger partial charge on any atom is 0.262 e. The van der Waals surface area contributed by atoms with E-state index in [1.54, 1.807) is 48.5 Å². The Balaban J connectivity index is 1.72. The number of methoxy groups -OCH3 is 1. The molecule has 2 amide bonds. The first-order valence-corrected chi connectivity index (χ1v) is 11.6. The minimum absolute atomic E-state index is 0.00236. The van der Waals surface area contributed by atoms with E-state index in [1.165, 1.54) is 39.4 Å². The summed E-state index contributed by atoms with van der Waals surface area (Å²) < 4.78 is 36.7. The lowest BCUT2D eigenvalue weighted by Crippen LogP contribution is -2.24. The lowest BCUT2D eigenvalue weighted by Gasteiger charge is -2.16. The van der Waals surface area contributed by atoms with Crippen LogP contribution in [0.25, 0.3) is 0 Å². The van der Waals surface area contributed by atoms with Crippen molar-refractivity contribution in [2.24, 2.45) is 0 Å².